The first-order chi connectivity index (χ1) is 21.1. The number of nitrogens with one attached hydrogen (secondary N) is 1. The van der Waals surface area contributed by atoms with Gasteiger partial charge in [0.2, 0.25) is 0 Å². The second-order valence-corrected chi connectivity index (χ2v) is 15.1. The summed E-state index contributed by atoms with van der Waals surface area (Å²) in [5, 5.41) is 14.3. The van der Waals surface area contributed by atoms with Crippen LogP contribution < -0.4 is 29.3 Å². The third-order valence-corrected chi connectivity index (χ3v) is 10.9. The number of rotatable bonds is 13. The van der Waals surface area contributed by atoms with Gasteiger partial charge in [0.15, 0.2) is 9.84 Å². The first kappa shape index (κ1) is 37.2. The summed E-state index contributed by atoms with van der Waals surface area (Å²) in [5.74, 6) is -1.12. The summed E-state index contributed by atoms with van der Waals surface area (Å²) in [6.45, 7) is 2.43. The fourth-order valence-electron chi connectivity index (χ4n) is 6.00. The minimum Gasteiger partial charge on any atom is -0.548 e. The molecule has 2 aromatic carbocycles. The number of amides is 2. The summed E-state index contributed by atoms with van der Waals surface area (Å²) in [6, 6.07) is 11.8. The second-order valence-electron chi connectivity index (χ2n) is 11.8. The fraction of sp³-hybridized carbons (Fsp3) is 0.545. The molecule has 2 aromatic rings. The molecule has 1 N–H and O–H groups in total. The van der Waals surface area contributed by atoms with E-state index in [-0.39, 0.29) is 62.4 Å². The van der Waals surface area contributed by atoms with Crippen LogP contribution in [0.25, 0.3) is 11.1 Å². The molecule has 4 rings (SSSR count). The van der Waals surface area contributed by atoms with Crippen LogP contribution in [0.4, 0.5) is 0 Å². The number of hydrogen-bond acceptors (Lipinski definition) is 8. The Labute approximate surface area is 283 Å². The average Bonchev–Trinajstić information content (AvgIpc) is 3.01. The number of carboxylic acids is 1. The molecule has 0 unspecified atom stereocenters. The number of thioether (sulfide) groups is 1. The molecule has 1 aliphatic carbocycles. The van der Waals surface area contributed by atoms with E-state index in [9.17, 15) is 27.9 Å². The van der Waals surface area contributed by atoms with Crippen LogP contribution in [0.5, 0.6) is 0 Å². The molecule has 2 aliphatic rings. The van der Waals surface area contributed by atoms with Crippen molar-refractivity contribution in [3.63, 3.8) is 0 Å². The zero-order chi connectivity index (χ0) is 31.7. The van der Waals surface area contributed by atoms with E-state index in [1.165, 1.54) is 18.2 Å². The van der Waals surface area contributed by atoms with E-state index in [0.717, 1.165) is 42.4 Å². The van der Waals surface area contributed by atoms with E-state index >= 15 is 0 Å². The van der Waals surface area contributed by atoms with Crippen LogP contribution in [-0.4, -0.2) is 79.9 Å². The van der Waals surface area contributed by atoms with Gasteiger partial charge >= 0.3 is 18.9 Å². The summed E-state index contributed by atoms with van der Waals surface area (Å²) >= 11 is 1.49. The number of nitrogens with zero attached hydrogens (tertiary/aromatic N) is 1. The number of carbonyl (C=O) groups excluding carboxylic acids is 3. The van der Waals surface area contributed by atoms with Crippen LogP contribution in [0.3, 0.4) is 0 Å². The predicted octanol–water partition coefficient (Wildman–Crippen LogP) is 0.380. The molecule has 1 aliphatic heterocycles. The van der Waals surface area contributed by atoms with Crippen molar-refractivity contribution in [3.8, 4) is 11.1 Å². The molecule has 2 fully saturated rings. The van der Waals surface area contributed by atoms with Gasteiger partial charge in [-0.05, 0) is 72.1 Å². The van der Waals surface area contributed by atoms with Gasteiger partial charge in [-0.2, -0.15) is 11.8 Å². The van der Waals surface area contributed by atoms with Crippen LogP contribution in [0.15, 0.2) is 42.5 Å². The van der Waals surface area contributed by atoms with Gasteiger partial charge in [-0.1, -0.05) is 62.4 Å². The van der Waals surface area contributed by atoms with E-state index in [0.29, 0.717) is 29.2 Å². The number of aryl methyl sites for hydroxylation is 1. The van der Waals surface area contributed by atoms with Crippen molar-refractivity contribution in [1.29, 1.82) is 0 Å². The van der Waals surface area contributed by atoms with Crippen molar-refractivity contribution in [1.82, 2.24) is 10.2 Å². The van der Waals surface area contributed by atoms with Crippen molar-refractivity contribution in [2.45, 2.75) is 70.6 Å². The Balaban J connectivity index is 0.00000552. The van der Waals surface area contributed by atoms with Gasteiger partial charge in [0.05, 0.1) is 30.1 Å². The summed E-state index contributed by atoms with van der Waals surface area (Å²) < 4.78 is 30.3. The Morgan fingerprint density at radius 3 is 2.38 bits per heavy atom. The second kappa shape index (κ2) is 17.6. The minimum absolute atomic E-state index is 0. The van der Waals surface area contributed by atoms with E-state index in [1.807, 2.05) is 43.5 Å². The zero-order valence-electron chi connectivity index (χ0n) is 26.6. The van der Waals surface area contributed by atoms with Gasteiger partial charge in [-0.25, -0.2) is 8.42 Å². The Kier molecular flexibility index (Phi) is 14.5. The Morgan fingerprint density at radius 2 is 1.73 bits per heavy atom. The first-order valence-electron chi connectivity index (χ1n) is 15.4. The van der Waals surface area contributed by atoms with Crippen molar-refractivity contribution < 1.29 is 51.5 Å². The molecule has 0 aromatic heterocycles. The molecule has 1 saturated heterocycles. The maximum Gasteiger partial charge on any atom is 1.00 e. The molecule has 1 heterocycles. The van der Waals surface area contributed by atoms with Crippen molar-refractivity contribution in [3.05, 3.63) is 59.2 Å². The van der Waals surface area contributed by atoms with Gasteiger partial charge in [0, 0.05) is 18.7 Å². The number of hydrogen-bond donors (Lipinski definition) is 1. The molecule has 2 amide bonds. The molecule has 45 heavy (non-hydrogen) atoms. The Hall–Kier alpha value is -2.29. The SMILES string of the molecule is CSCC[C@H](NC(=O)c1ccc(CO[C@@H](CC2CCCCC2)C(=O)N2CCS(=O)(=O)CC2)cc1-c1ccccc1C)C(=O)[O-].[Li+]. The Morgan fingerprint density at radius 1 is 1.04 bits per heavy atom. The number of benzene rings is 2. The first-order valence-corrected chi connectivity index (χ1v) is 18.6. The maximum atomic E-state index is 13.6. The van der Waals surface area contributed by atoms with Crippen LogP contribution in [-0.2, 0) is 30.8 Å². The molecule has 0 spiro atoms. The van der Waals surface area contributed by atoms with Gasteiger partial charge in [-0.3, -0.25) is 9.59 Å². The summed E-state index contributed by atoms with van der Waals surface area (Å²) in [6.07, 6.45) is 7.58. The van der Waals surface area contributed by atoms with E-state index in [2.05, 4.69) is 5.32 Å². The molecular formula is C33H43LiN2O7S2. The smallest absolute Gasteiger partial charge is 0.548 e. The number of sulfone groups is 1. The van der Waals surface area contributed by atoms with Crippen molar-refractivity contribution in [2.75, 3.05) is 36.6 Å². The molecule has 2 atom stereocenters. The summed E-state index contributed by atoms with van der Waals surface area (Å²) in [5.41, 5.74) is 3.52. The maximum absolute atomic E-state index is 13.6. The minimum atomic E-state index is -3.13. The van der Waals surface area contributed by atoms with Crippen molar-refractivity contribution in [2.24, 2.45) is 5.92 Å². The largest absolute Gasteiger partial charge is 1.00 e. The number of aliphatic carboxylic acids is 1. The van der Waals surface area contributed by atoms with Crippen molar-refractivity contribution >= 4 is 39.4 Å². The summed E-state index contributed by atoms with van der Waals surface area (Å²) in [4.78, 5) is 40.3. The van der Waals surface area contributed by atoms with Crippen LogP contribution >= 0.6 is 11.8 Å². The van der Waals surface area contributed by atoms with Gasteiger partial charge < -0.3 is 24.9 Å². The summed E-state index contributed by atoms with van der Waals surface area (Å²) in [7, 11) is -3.13. The monoisotopic (exact) mass is 650 g/mol. The molecule has 0 bridgehead atoms. The van der Waals surface area contributed by atoms with Crippen LogP contribution in [0.1, 0.15) is 66.4 Å². The normalized spacial score (nSPS) is 18.0. The standard InChI is InChI=1S/C33H44N2O7S2.Li/c1-23-8-6-7-11-26(23)28-20-25(12-13-27(28)31(36)34-29(33(38)39)14-17-43-2)22-42-30(21-24-9-4-3-5-10-24)32(37)35-15-18-44(40,41)19-16-35;/h6-8,11-13,20,24,29-30H,3-5,9-10,14-19,21-22H2,1-2H3,(H,34,36)(H,38,39);/q;+1/p-1/t29-,30-;/m0./s1. The molecule has 12 heteroatoms. The van der Waals surface area contributed by atoms with Crippen LogP contribution in [0, 0.1) is 12.8 Å². The molecule has 240 valence electrons. The van der Waals surface area contributed by atoms with E-state index in [4.69, 9.17) is 4.74 Å². The number of carboxylic acid groups (broad SMARTS) is 1. The molecule has 1 saturated carbocycles. The topological polar surface area (TPSA) is 133 Å². The quantitative estimate of drug-likeness (QED) is 0.308. The number of carbonyl (C=O) groups is 3. The van der Waals surface area contributed by atoms with E-state index < -0.39 is 33.9 Å². The third-order valence-electron chi connectivity index (χ3n) is 8.62. The van der Waals surface area contributed by atoms with Gasteiger partial charge in [0.1, 0.15) is 6.10 Å². The third kappa shape index (κ3) is 10.6. The molecule has 0 radical (unpaired) electrons. The van der Waals surface area contributed by atoms with E-state index in [1.54, 1.807) is 17.0 Å². The van der Waals surface area contributed by atoms with Gasteiger partial charge in [0.25, 0.3) is 11.8 Å². The molecular weight excluding hydrogens is 607 g/mol. The average molecular weight is 651 g/mol. The van der Waals surface area contributed by atoms with Crippen LogP contribution in [0.2, 0.25) is 0 Å². The fourth-order valence-corrected chi connectivity index (χ4v) is 7.67. The van der Waals surface area contributed by atoms with Gasteiger partial charge in [-0.15, -0.1) is 0 Å². The predicted molar refractivity (Wildman–Crippen MR) is 171 cm³/mol. The number of ether oxygens (including phenoxy) is 1. The zero-order valence-corrected chi connectivity index (χ0v) is 28.2. The Bertz CT molecular complexity index is 1420. The molecule has 9 nitrogen and oxygen atoms in total.